The third kappa shape index (κ3) is 2.18. The van der Waals surface area contributed by atoms with E-state index in [1.54, 1.807) is 0 Å². The SMILES string of the molecule is Cc1nn(C(c2ccccc2)C(C)N)c(C)c1C. The molecular formula is C15H21N3. The zero-order valence-electron chi connectivity index (χ0n) is 11.5. The number of hydrogen-bond donors (Lipinski definition) is 1. The molecule has 2 N–H and O–H groups in total. The number of aromatic nitrogens is 2. The summed E-state index contributed by atoms with van der Waals surface area (Å²) < 4.78 is 2.06. The van der Waals surface area contributed by atoms with Crippen LogP contribution in [0.3, 0.4) is 0 Å². The molecule has 96 valence electrons. The molecule has 2 aromatic rings. The van der Waals surface area contributed by atoms with Crippen molar-refractivity contribution in [3.63, 3.8) is 0 Å². The van der Waals surface area contributed by atoms with Crippen molar-refractivity contribution in [3.05, 3.63) is 52.8 Å². The fourth-order valence-corrected chi connectivity index (χ4v) is 2.33. The van der Waals surface area contributed by atoms with Gasteiger partial charge in [-0.3, -0.25) is 4.68 Å². The van der Waals surface area contributed by atoms with E-state index in [4.69, 9.17) is 5.73 Å². The van der Waals surface area contributed by atoms with Gasteiger partial charge in [0.15, 0.2) is 0 Å². The molecule has 0 saturated carbocycles. The molecule has 3 heteroatoms. The lowest BCUT2D eigenvalue weighted by Crippen LogP contribution is -2.31. The monoisotopic (exact) mass is 243 g/mol. The van der Waals surface area contributed by atoms with Gasteiger partial charge in [-0.2, -0.15) is 5.10 Å². The number of nitrogens with two attached hydrogens (primary N) is 1. The maximum absolute atomic E-state index is 6.17. The van der Waals surface area contributed by atoms with Gasteiger partial charge in [-0.1, -0.05) is 30.3 Å². The Morgan fingerprint density at radius 2 is 1.72 bits per heavy atom. The molecule has 18 heavy (non-hydrogen) atoms. The number of rotatable bonds is 3. The molecule has 0 spiro atoms. The molecule has 2 unspecified atom stereocenters. The van der Waals surface area contributed by atoms with E-state index in [1.165, 1.54) is 16.8 Å². The van der Waals surface area contributed by atoms with Crippen LogP contribution in [-0.2, 0) is 0 Å². The van der Waals surface area contributed by atoms with Gasteiger partial charge in [-0.15, -0.1) is 0 Å². The average Bonchev–Trinajstić information content (AvgIpc) is 2.59. The fourth-order valence-electron chi connectivity index (χ4n) is 2.33. The third-order valence-corrected chi connectivity index (χ3v) is 3.59. The Bertz CT molecular complexity index is 526. The molecule has 0 aliphatic carbocycles. The van der Waals surface area contributed by atoms with Crippen LogP contribution in [0.2, 0.25) is 0 Å². The van der Waals surface area contributed by atoms with Crippen LogP contribution in [0.4, 0.5) is 0 Å². The van der Waals surface area contributed by atoms with Crippen LogP contribution >= 0.6 is 0 Å². The molecule has 2 atom stereocenters. The summed E-state index contributed by atoms with van der Waals surface area (Å²) in [5, 5.41) is 4.64. The first kappa shape index (κ1) is 12.8. The van der Waals surface area contributed by atoms with E-state index < -0.39 is 0 Å². The van der Waals surface area contributed by atoms with Crippen LogP contribution in [0.25, 0.3) is 0 Å². The zero-order chi connectivity index (χ0) is 13.3. The highest BCUT2D eigenvalue weighted by atomic mass is 15.3. The van der Waals surface area contributed by atoms with Crippen molar-refractivity contribution in [2.24, 2.45) is 5.73 Å². The van der Waals surface area contributed by atoms with Crippen molar-refractivity contribution in [2.45, 2.75) is 39.8 Å². The number of benzene rings is 1. The highest BCUT2D eigenvalue weighted by molar-refractivity contribution is 5.27. The first-order valence-corrected chi connectivity index (χ1v) is 6.35. The molecule has 0 amide bonds. The van der Waals surface area contributed by atoms with Gasteiger partial charge < -0.3 is 5.73 Å². The summed E-state index contributed by atoms with van der Waals surface area (Å²) in [5.74, 6) is 0. The van der Waals surface area contributed by atoms with Gasteiger partial charge in [0.05, 0.1) is 11.7 Å². The predicted molar refractivity (Wildman–Crippen MR) is 74.7 cm³/mol. The van der Waals surface area contributed by atoms with E-state index in [-0.39, 0.29) is 12.1 Å². The summed E-state index contributed by atoms with van der Waals surface area (Å²) in [6.45, 7) is 8.29. The molecule has 2 rings (SSSR count). The Morgan fingerprint density at radius 1 is 1.11 bits per heavy atom. The summed E-state index contributed by atoms with van der Waals surface area (Å²) in [6.07, 6.45) is 0. The second-order valence-electron chi connectivity index (χ2n) is 4.96. The minimum Gasteiger partial charge on any atom is -0.326 e. The van der Waals surface area contributed by atoms with E-state index in [0.29, 0.717) is 0 Å². The van der Waals surface area contributed by atoms with Gasteiger partial charge in [0, 0.05) is 11.7 Å². The smallest absolute Gasteiger partial charge is 0.0919 e. The Hall–Kier alpha value is -1.61. The maximum Gasteiger partial charge on any atom is 0.0919 e. The van der Waals surface area contributed by atoms with Gasteiger partial charge in [0.25, 0.3) is 0 Å². The average molecular weight is 243 g/mol. The number of aryl methyl sites for hydroxylation is 1. The summed E-state index contributed by atoms with van der Waals surface area (Å²) in [7, 11) is 0. The van der Waals surface area contributed by atoms with Crippen molar-refractivity contribution in [2.75, 3.05) is 0 Å². The highest BCUT2D eigenvalue weighted by Gasteiger charge is 2.22. The molecule has 1 aromatic heterocycles. The molecule has 0 fully saturated rings. The van der Waals surface area contributed by atoms with Crippen molar-refractivity contribution in [1.29, 1.82) is 0 Å². The van der Waals surface area contributed by atoms with Gasteiger partial charge in [-0.25, -0.2) is 0 Å². The molecule has 0 radical (unpaired) electrons. The Kier molecular flexibility index (Phi) is 3.53. The van der Waals surface area contributed by atoms with Gasteiger partial charge in [-0.05, 0) is 38.8 Å². The first-order chi connectivity index (χ1) is 8.52. The largest absolute Gasteiger partial charge is 0.326 e. The molecule has 1 aromatic carbocycles. The fraction of sp³-hybridized carbons (Fsp3) is 0.400. The summed E-state index contributed by atoms with van der Waals surface area (Å²) in [5.41, 5.74) is 10.9. The summed E-state index contributed by atoms with van der Waals surface area (Å²) in [4.78, 5) is 0. The van der Waals surface area contributed by atoms with E-state index in [1.807, 2.05) is 32.0 Å². The quantitative estimate of drug-likeness (QED) is 0.900. The van der Waals surface area contributed by atoms with Crippen molar-refractivity contribution < 1.29 is 0 Å². The van der Waals surface area contributed by atoms with E-state index in [2.05, 4.69) is 35.8 Å². The highest BCUT2D eigenvalue weighted by Crippen LogP contribution is 2.24. The Labute approximate surface area is 109 Å². The lowest BCUT2D eigenvalue weighted by atomic mass is 10.0. The van der Waals surface area contributed by atoms with Crippen LogP contribution < -0.4 is 5.73 Å². The Balaban J connectivity index is 2.52. The normalized spacial score (nSPS) is 14.5. The molecule has 0 bridgehead atoms. The van der Waals surface area contributed by atoms with Gasteiger partial charge >= 0.3 is 0 Å². The van der Waals surface area contributed by atoms with E-state index >= 15 is 0 Å². The second-order valence-corrected chi connectivity index (χ2v) is 4.96. The van der Waals surface area contributed by atoms with Crippen molar-refractivity contribution >= 4 is 0 Å². The van der Waals surface area contributed by atoms with E-state index in [9.17, 15) is 0 Å². The van der Waals surface area contributed by atoms with Crippen molar-refractivity contribution in [1.82, 2.24) is 9.78 Å². The molecular weight excluding hydrogens is 222 g/mol. The van der Waals surface area contributed by atoms with Crippen LogP contribution in [0.5, 0.6) is 0 Å². The third-order valence-electron chi connectivity index (χ3n) is 3.59. The standard InChI is InChI=1S/C15H21N3/c1-10-12(3)17-18(13(10)4)15(11(2)16)14-8-6-5-7-9-14/h5-9,11,15H,16H2,1-4H3. The number of nitrogens with zero attached hydrogens (tertiary/aromatic N) is 2. The van der Waals surface area contributed by atoms with Crippen molar-refractivity contribution in [3.8, 4) is 0 Å². The second kappa shape index (κ2) is 4.94. The van der Waals surface area contributed by atoms with Crippen LogP contribution in [0, 0.1) is 20.8 Å². The molecule has 1 heterocycles. The summed E-state index contributed by atoms with van der Waals surface area (Å²) >= 11 is 0. The lowest BCUT2D eigenvalue weighted by Gasteiger charge is -2.23. The zero-order valence-corrected chi connectivity index (χ0v) is 11.5. The van der Waals surface area contributed by atoms with Crippen LogP contribution in [0.1, 0.15) is 35.5 Å². The van der Waals surface area contributed by atoms with E-state index in [0.717, 1.165) is 5.69 Å². The predicted octanol–water partition coefficient (Wildman–Crippen LogP) is 2.74. The molecule has 0 saturated heterocycles. The first-order valence-electron chi connectivity index (χ1n) is 6.35. The molecule has 3 nitrogen and oxygen atoms in total. The minimum absolute atomic E-state index is 0.0183. The molecule has 0 aliphatic heterocycles. The lowest BCUT2D eigenvalue weighted by molar-refractivity contribution is 0.443. The minimum atomic E-state index is 0.0183. The Morgan fingerprint density at radius 3 is 2.17 bits per heavy atom. The maximum atomic E-state index is 6.17. The number of hydrogen-bond acceptors (Lipinski definition) is 2. The topological polar surface area (TPSA) is 43.8 Å². The van der Waals surface area contributed by atoms with Gasteiger partial charge in [0.1, 0.15) is 0 Å². The molecule has 0 aliphatic rings. The van der Waals surface area contributed by atoms with Gasteiger partial charge in [0.2, 0.25) is 0 Å². The summed E-state index contributed by atoms with van der Waals surface area (Å²) in [6, 6.07) is 10.4. The van der Waals surface area contributed by atoms with Crippen LogP contribution in [0.15, 0.2) is 30.3 Å². The van der Waals surface area contributed by atoms with Crippen LogP contribution in [-0.4, -0.2) is 15.8 Å².